The van der Waals surface area contributed by atoms with E-state index >= 15 is 0 Å². The lowest BCUT2D eigenvalue weighted by Crippen LogP contribution is -2.47. The lowest BCUT2D eigenvalue weighted by Gasteiger charge is -2.33. The number of aromatic nitrogens is 2. The first-order valence-electron chi connectivity index (χ1n) is 7.05. The van der Waals surface area contributed by atoms with E-state index in [9.17, 15) is 8.42 Å². The molecule has 1 aliphatic heterocycles. The maximum Gasteiger partial charge on any atom is 0.154 e. The summed E-state index contributed by atoms with van der Waals surface area (Å²) >= 11 is 0. The van der Waals surface area contributed by atoms with Crippen molar-refractivity contribution in [3.8, 4) is 0 Å². The molecule has 1 aliphatic carbocycles. The van der Waals surface area contributed by atoms with E-state index in [-0.39, 0.29) is 17.5 Å². The first-order chi connectivity index (χ1) is 9.53. The molecule has 2 fully saturated rings. The fraction of sp³-hybridized carbons (Fsp3) is 0.692. The highest BCUT2D eigenvalue weighted by atomic mass is 32.2. The Morgan fingerprint density at radius 3 is 2.75 bits per heavy atom. The third kappa shape index (κ3) is 3.27. The van der Waals surface area contributed by atoms with Crippen LogP contribution in [0.25, 0.3) is 0 Å². The molecule has 1 unspecified atom stereocenters. The average Bonchev–Trinajstić information content (AvgIpc) is 3.20. The summed E-state index contributed by atoms with van der Waals surface area (Å²) in [6, 6.07) is 0.613. The standard InChI is InChI=1S/C13H20N4O2S/c1-10-9-20(18,19)5-4-17(10)13-8-15-12(7-16-13)6-14-11-2-3-11/h7-8,10-11,14H,2-6,9H2,1H3. The van der Waals surface area contributed by atoms with Crippen molar-refractivity contribution in [1.29, 1.82) is 0 Å². The lowest BCUT2D eigenvalue weighted by atomic mass is 10.3. The van der Waals surface area contributed by atoms with E-state index in [0.717, 1.165) is 18.1 Å². The van der Waals surface area contributed by atoms with Gasteiger partial charge in [-0.25, -0.2) is 13.4 Å². The van der Waals surface area contributed by atoms with Gasteiger partial charge in [0.1, 0.15) is 5.82 Å². The summed E-state index contributed by atoms with van der Waals surface area (Å²) in [5, 5.41) is 3.40. The Labute approximate surface area is 119 Å². The summed E-state index contributed by atoms with van der Waals surface area (Å²) in [6.07, 6.45) is 6.04. The van der Waals surface area contributed by atoms with Crippen LogP contribution in [0.4, 0.5) is 5.82 Å². The minimum atomic E-state index is -2.89. The molecule has 0 aromatic carbocycles. The third-order valence-corrected chi connectivity index (χ3v) is 5.60. The van der Waals surface area contributed by atoms with Gasteiger partial charge in [-0.2, -0.15) is 0 Å². The van der Waals surface area contributed by atoms with E-state index in [1.54, 1.807) is 12.4 Å². The number of rotatable bonds is 4. The van der Waals surface area contributed by atoms with Gasteiger partial charge >= 0.3 is 0 Å². The van der Waals surface area contributed by atoms with Gasteiger partial charge in [0.05, 0.1) is 29.6 Å². The number of anilines is 1. The molecular formula is C13H20N4O2S. The quantitative estimate of drug-likeness (QED) is 0.864. The minimum absolute atomic E-state index is 0.0431. The fourth-order valence-corrected chi connectivity index (χ4v) is 4.02. The van der Waals surface area contributed by atoms with Crippen LogP contribution in [-0.2, 0) is 16.4 Å². The van der Waals surface area contributed by atoms with Crippen LogP contribution in [0, 0.1) is 0 Å². The van der Waals surface area contributed by atoms with Gasteiger partial charge in [0.25, 0.3) is 0 Å². The second-order valence-corrected chi connectivity index (χ2v) is 7.91. The number of hydrogen-bond acceptors (Lipinski definition) is 6. The molecule has 7 heteroatoms. The summed E-state index contributed by atoms with van der Waals surface area (Å²) < 4.78 is 23.2. The molecule has 0 amide bonds. The third-order valence-electron chi connectivity index (χ3n) is 3.81. The predicted molar refractivity (Wildman–Crippen MR) is 77.4 cm³/mol. The number of nitrogens with zero attached hydrogens (tertiary/aromatic N) is 3. The van der Waals surface area contributed by atoms with Crippen LogP contribution < -0.4 is 10.2 Å². The maximum absolute atomic E-state index is 11.6. The summed E-state index contributed by atoms with van der Waals surface area (Å²) in [7, 11) is -2.89. The highest BCUT2D eigenvalue weighted by Crippen LogP contribution is 2.20. The van der Waals surface area contributed by atoms with Crippen molar-refractivity contribution in [3.05, 3.63) is 18.1 Å². The van der Waals surface area contributed by atoms with E-state index in [4.69, 9.17) is 0 Å². The van der Waals surface area contributed by atoms with Crippen molar-refractivity contribution < 1.29 is 8.42 Å². The molecule has 1 aromatic rings. The normalized spacial score (nSPS) is 25.6. The molecule has 1 saturated heterocycles. The van der Waals surface area contributed by atoms with Crippen molar-refractivity contribution >= 4 is 15.7 Å². The van der Waals surface area contributed by atoms with Gasteiger partial charge < -0.3 is 10.2 Å². The Morgan fingerprint density at radius 1 is 1.35 bits per heavy atom. The smallest absolute Gasteiger partial charge is 0.154 e. The highest BCUT2D eigenvalue weighted by Gasteiger charge is 2.29. The number of sulfone groups is 1. The summed E-state index contributed by atoms with van der Waals surface area (Å²) in [6.45, 7) is 3.17. The monoisotopic (exact) mass is 296 g/mol. The minimum Gasteiger partial charge on any atom is -0.351 e. The molecule has 1 N–H and O–H groups in total. The molecule has 0 spiro atoms. The zero-order valence-corrected chi connectivity index (χ0v) is 12.4. The molecule has 3 rings (SSSR count). The lowest BCUT2D eigenvalue weighted by molar-refractivity contribution is 0.566. The Kier molecular flexibility index (Phi) is 3.64. The van der Waals surface area contributed by atoms with Crippen LogP contribution in [-0.4, -0.2) is 48.5 Å². The predicted octanol–water partition coefficient (Wildman–Crippen LogP) is 0.352. The first kappa shape index (κ1) is 13.8. The Hall–Kier alpha value is -1.21. The molecule has 0 radical (unpaired) electrons. The summed E-state index contributed by atoms with van der Waals surface area (Å²) in [4.78, 5) is 10.9. The molecule has 2 aliphatic rings. The zero-order chi connectivity index (χ0) is 14.2. The molecule has 2 heterocycles. The van der Waals surface area contributed by atoms with Gasteiger partial charge in [0, 0.05) is 25.2 Å². The SMILES string of the molecule is CC1CS(=O)(=O)CCN1c1cnc(CNC2CC2)cn1. The second-order valence-electron chi connectivity index (χ2n) is 5.68. The van der Waals surface area contributed by atoms with E-state index in [2.05, 4.69) is 15.3 Å². The molecule has 6 nitrogen and oxygen atoms in total. The molecule has 1 atom stereocenters. The summed E-state index contributed by atoms with van der Waals surface area (Å²) in [5.41, 5.74) is 0.929. The van der Waals surface area contributed by atoms with Crippen molar-refractivity contribution in [2.45, 2.75) is 38.4 Å². The highest BCUT2D eigenvalue weighted by molar-refractivity contribution is 7.91. The Morgan fingerprint density at radius 2 is 2.15 bits per heavy atom. The molecule has 1 saturated carbocycles. The molecular weight excluding hydrogens is 276 g/mol. The first-order valence-corrected chi connectivity index (χ1v) is 8.87. The largest absolute Gasteiger partial charge is 0.351 e. The van der Waals surface area contributed by atoms with E-state index < -0.39 is 9.84 Å². The second kappa shape index (κ2) is 5.29. The van der Waals surface area contributed by atoms with Crippen molar-refractivity contribution in [1.82, 2.24) is 15.3 Å². The van der Waals surface area contributed by atoms with Gasteiger partial charge in [0.15, 0.2) is 9.84 Å². The van der Waals surface area contributed by atoms with Crippen molar-refractivity contribution in [3.63, 3.8) is 0 Å². The molecule has 1 aromatic heterocycles. The topological polar surface area (TPSA) is 75.2 Å². The Bertz CT molecular complexity index is 569. The van der Waals surface area contributed by atoms with Crippen molar-refractivity contribution in [2.75, 3.05) is 23.0 Å². The molecule has 110 valence electrons. The summed E-state index contributed by atoms with van der Waals surface area (Å²) in [5.74, 6) is 1.16. The van der Waals surface area contributed by atoms with Gasteiger partial charge in [-0.05, 0) is 19.8 Å². The number of hydrogen-bond donors (Lipinski definition) is 1. The van der Waals surface area contributed by atoms with Gasteiger partial charge in [0.2, 0.25) is 0 Å². The van der Waals surface area contributed by atoms with Gasteiger partial charge in [-0.15, -0.1) is 0 Å². The molecule has 20 heavy (non-hydrogen) atoms. The van der Waals surface area contributed by atoms with Crippen LogP contribution in [0.2, 0.25) is 0 Å². The van der Waals surface area contributed by atoms with Crippen LogP contribution >= 0.6 is 0 Å². The number of nitrogens with one attached hydrogen (secondary N) is 1. The maximum atomic E-state index is 11.6. The van der Waals surface area contributed by atoms with Gasteiger partial charge in [-0.3, -0.25) is 4.98 Å². The van der Waals surface area contributed by atoms with E-state index in [1.807, 2.05) is 11.8 Å². The van der Waals surface area contributed by atoms with Crippen LogP contribution in [0.1, 0.15) is 25.5 Å². The van der Waals surface area contributed by atoms with Crippen LogP contribution in [0.5, 0.6) is 0 Å². The Balaban J connectivity index is 1.64. The molecule has 0 bridgehead atoms. The zero-order valence-electron chi connectivity index (χ0n) is 11.6. The van der Waals surface area contributed by atoms with Crippen LogP contribution in [0.15, 0.2) is 12.4 Å². The van der Waals surface area contributed by atoms with Gasteiger partial charge in [-0.1, -0.05) is 0 Å². The van der Waals surface area contributed by atoms with E-state index in [0.29, 0.717) is 12.6 Å². The van der Waals surface area contributed by atoms with E-state index in [1.165, 1.54) is 12.8 Å². The average molecular weight is 296 g/mol. The van der Waals surface area contributed by atoms with Crippen LogP contribution in [0.3, 0.4) is 0 Å². The van der Waals surface area contributed by atoms with Crippen molar-refractivity contribution in [2.24, 2.45) is 0 Å². The fourth-order valence-electron chi connectivity index (χ4n) is 2.46.